The maximum absolute atomic E-state index is 11.9. The highest BCUT2D eigenvalue weighted by molar-refractivity contribution is 5.93. The fourth-order valence-corrected chi connectivity index (χ4v) is 2.42. The van der Waals surface area contributed by atoms with E-state index in [1.807, 2.05) is 30.3 Å². The molecule has 1 saturated carbocycles. The van der Waals surface area contributed by atoms with Crippen LogP contribution in [0, 0.1) is 0 Å². The molecular formula is C19H22N4O3. The quantitative estimate of drug-likeness (QED) is 0.668. The number of nitrogens with one attached hydrogen (secondary N) is 2. The number of carbonyl (C=O) groups excluding carboxylic acids is 1. The van der Waals surface area contributed by atoms with Crippen molar-refractivity contribution >= 4 is 5.91 Å². The van der Waals surface area contributed by atoms with Gasteiger partial charge in [-0.05, 0) is 26.2 Å². The van der Waals surface area contributed by atoms with E-state index in [1.165, 1.54) is 6.42 Å². The Morgan fingerprint density at radius 3 is 2.65 bits per heavy atom. The van der Waals surface area contributed by atoms with Gasteiger partial charge in [-0.3, -0.25) is 9.89 Å². The summed E-state index contributed by atoms with van der Waals surface area (Å²) in [7, 11) is 0. The molecule has 3 N–H and O–H groups in total. The average molecular weight is 354 g/mol. The molecule has 1 aromatic carbocycles. The molecule has 1 fully saturated rings. The first-order valence-electron chi connectivity index (χ1n) is 8.63. The maximum Gasteiger partial charge on any atom is 0.273 e. The molecule has 2 aromatic heterocycles. The van der Waals surface area contributed by atoms with Crippen LogP contribution in [0.4, 0.5) is 0 Å². The highest BCUT2D eigenvalue weighted by Gasteiger charge is 2.22. The predicted octanol–water partition coefficient (Wildman–Crippen LogP) is 3.09. The van der Waals surface area contributed by atoms with Gasteiger partial charge in [0.2, 0.25) is 0 Å². The smallest absolute Gasteiger partial charge is 0.273 e. The van der Waals surface area contributed by atoms with Crippen LogP contribution in [0.25, 0.3) is 11.3 Å². The van der Waals surface area contributed by atoms with E-state index in [1.54, 1.807) is 25.4 Å². The van der Waals surface area contributed by atoms with Gasteiger partial charge in [-0.15, -0.1) is 0 Å². The first-order valence-corrected chi connectivity index (χ1v) is 8.63. The molecule has 4 rings (SSSR count). The summed E-state index contributed by atoms with van der Waals surface area (Å²) in [5.74, 6) is 0.472. The van der Waals surface area contributed by atoms with Crippen LogP contribution in [0.3, 0.4) is 0 Å². The zero-order valence-corrected chi connectivity index (χ0v) is 14.6. The van der Waals surface area contributed by atoms with Crippen LogP contribution in [0.15, 0.2) is 53.3 Å². The molecule has 2 heterocycles. The molecule has 3 aromatic rings. The number of benzene rings is 1. The topological polar surface area (TPSA) is 104 Å². The van der Waals surface area contributed by atoms with Gasteiger partial charge in [0, 0.05) is 29.4 Å². The fourth-order valence-electron chi connectivity index (χ4n) is 2.42. The van der Waals surface area contributed by atoms with Crippen LogP contribution in [0.5, 0.6) is 0 Å². The largest absolute Gasteiger partial charge is 0.389 e. The van der Waals surface area contributed by atoms with Gasteiger partial charge in [-0.1, -0.05) is 35.5 Å². The first kappa shape index (κ1) is 17.9. The van der Waals surface area contributed by atoms with E-state index < -0.39 is 6.10 Å². The molecule has 0 radical (unpaired) electrons. The molecule has 0 spiro atoms. The number of nitrogens with zero attached hydrogens (tertiary/aromatic N) is 2. The number of H-pyrrole nitrogens is 1. The van der Waals surface area contributed by atoms with E-state index in [9.17, 15) is 4.79 Å². The lowest BCUT2D eigenvalue weighted by atomic mass is 9.93. The summed E-state index contributed by atoms with van der Waals surface area (Å²) in [6.07, 6.45) is 6.19. The van der Waals surface area contributed by atoms with Gasteiger partial charge >= 0.3 is 0 Å². The standard InChI is InChI=1S/C14H14N2O2.C5H8N2O/c17-14(15-11-7-4-8-11)12-9-13(18-16-12)10-5-2-1-3-6-10;1-4(8)5-2-6-7-3-5/h1-3,5-6,9,11H,4,7-8H2,(H,15,17);2-4,8H,1H3,(H,6,7). The Kier molecular flexibility index (Phi) is 5.80. The van der Waals surface area contributed by atoms with Crippen molar-refractivity contribution in [2.24, 2.45) is 0 Å². The number of rotatable bonds is 4. The van der Waals surface area contributed by atoms with Crippen LogP contribution in [0.2, 0.25) is 0 Å². The highest BCUT2D eigenvalue weighted by atomic mass is 16.5. The average Bonchev–Trinajstić information content (AvgIpc) is 3.31. The van der Waals surface area contributed by atoms with Crippen molar-refractivity contribution in [2.75, 3.05) is 0 Å². The third-order valence-corrected chi connectivity index (χ3v) is 4.24. The maximum atomic E-state index is 11.9. The van der Waals surface area contributed by atoms with E-state index in [0.29, 0.717) is 17.5 Å². The molecule has 1 atom stereocenters. The van der Waals surface area contributed by atoms with Crippen LogP contribution >= 0.6 is 0 Å². The zero-order chi connectivity index (χ0) is 18.4. The Labute approximate surface area is 151 Å². The summed E-state index contributed by atoms with van der Waals surface area (Å²) in [5.41, 5.74) is 2.10. The SMILES string of the molecule is CC(O)c1cn[nH]c1.O=C(NC1CCC1)c1cc(-c2ccccc2)on1. The van der Waals surface area contributed by atoms with Gasteiger partial charge in [0.1, 0.15) is 0 Å². The molecule has 1 aliphatic rings. The Balaban J connectivity index is 0.000000206. The third-order valence-electron chi connectivity index (χ3n) is 4.24. The first-order chi connectivity index (χ1) is 12.6. The minimum Gasteiger partial charge on any atom is -0.389 e. The van der Waals surface area contributed by atoms with Crippen molar-refractivity contribution in [3.05, 3.63) is 60.0 Å². The van der Waals surface area contributed by atoms with E-state index >= 15 is 0 Å². The number of amides is 1. The number of hydrogen-bond donors (Lipinski definition) is 3. The molecule has 1 unspecified atom stereocenters. The van der Waals surface area contributed by atoms with Crippen molar-refractivity contribution in [1.82, 2.24) is 20.7 Å². The second kappa shape index (κ2) is 8.44. The van der Waals surface area contributed by atoms with Crippen molar-refractivity contribution in [3.63, 3.8) is 0 Å². The number of carbonyl (C=O) groups is 1. The Hall–Kier alpha value is -2.93. The van der Waals surface area contributed by atoms with Crippen molar-refractivity contribution in [1.29, 1.82) is 0 Å². The molecule has 136 valence electrons. The van der Waals surface area contributed by atoms with Gasteiger partial charge in [-0.25, -0.2) is 0 Å². The van der Waals surface area contributed by atoms with E-state index in [-0.39, 0.29) is 5.91 Å². The van der Waals surface area contributed by atoms with Crippen LogP contribution in [-0.2, 0) is 0 Å². The molecule has 26 heavy (non-hydrogen) atoms. The molecule has 7 nitrogen and oxygen atoms in total. The second-order valence-electron chi connectivity index (χ2n) is 6.25. The zero-order valence-electron chi connectivity index (χ0n) is 14.6. The Morgan fingerprint density at radius 1 is 1.35 bits per heavy atom. The lowest BCUT2D eigenvalue weighted by Gasteiger charge is -2.25. The van der Waals surface area contributed by atoms with Crippen LogP contribution in [0.1, 0.15) is 48.3 Å². The summed E-state index contributed by atoms with van der Waals surface area (Å²) >= 11 is 0. The number of aliphatic hydroxyl groups is 1. The summed E-state index contributed by atoms with van der Waals surface area (Å²) in [5, 5.41) is 21.9. The molecule has 1 aliphatic carbocycles. The van der Waals surface area contributed by atoms with Gasteiger partial charge < -0.3 is 14.9 Å². The number of aromatic amines is 1. The second-order valence-corrected chi connectivity index (χ2v) is 6.25. The van der Waals surface area contributed by atoms with E-state index in [2.05, 4.69) is 20.7 Å². The number of aliphatic hydroxyl groups excluding tert-OH is 1. The predicted molar refractivity (Wildman–Crippen MR) is 96.3 cm³/mol. The van der Waals surface area contributed by atoms with Crippen molar-refractivity contribution in [2.45, 2.75) is 38.3 Å². The van der Waals surface area contributed by atoms with Gasteiger partial charge in [0.15, 0.2) is 11.5 Å². The molecule has 0 saturated heterocycles. The molecule has 7 heteroatoms. The third kappa shape index (κ3) is 4.58. The normalized spacial score (nSPS) is 14.7. The number of hydrogen-bond acceptors (Lipinski definition) is 5. The van der Waals surface area contributed by atoms with Crippen LogP contribution < -0.4 is 5.32 Å². The summed E-state index contributed by atoms with van der Waals surface area (Å²) < 4.78 is 5.19. The van der Waals surface area contributed by atoms with Crippen molar-refractivity contribution in [3.8, 4) is 11.3 Å². The van der Waals surface area contributed by atoms with Crippen molar-refractivity contribution < 1.29 is 14.4 Å². The summed E-state index contributed by atoms with van der Waals surface area (Å²) in [6.45, 7) is 1.70. The fraction of sp³-hybridized carbons (Fsp3) is 0.316. The summed E-state index contributed by atoms with van der Waals surface area (Å²) in [6, 6.07) is 11.6. The number of aromatic nitrogens is 3. The lowest BCUT2D eigenvalue weighted by Crippen LogP contribution is -2.39. The highest BCUT2D eigenvalue weighted by Crippen LogP contribution is 2.21. The van der Waals surface area contributed by atoms with Gasteiger partial charge in [0.05, 0.1) is 12.3 Å². The van der Waals surface area contributed by atoms with Gasteiger partial charge in [-0.2, -0.15) is 5.10 Å². The minimum absolute atomic E-state index is 0.148. The molecule has 0 bridgehead atoms. The van der Waals surface area contributed by atoms with E-state index in [4.69, 9.17) is 9.63 Å². The Morgan fingerprint density at radius 2 is 2.12 bits per heavy atom. The Bertz CT molecular complexity index is 808. The minimum atomic E-state index is -0.409. The van der Waals surface area contributed by atoms with E-state index in [0.717, 1.165) is 24.0 Å². The molecule has 1 amide bonds. The molecular weight excluding hydrogens is 332 g/mol. The van der Waals surface area contributed by atoms with Gasteiger partial charge in [0.25, 0.3) is 5.91 Å². The lowest BCUT2D eigenvalue weighted by molar-refractivity contribution is 0.0908. The summed E-state index contributed by atoms with van der Waals surface area (Å²) in [4.78, 5) is 11.9. The molecule has 0 aliphatic heterocycles. The van der Waals surface area contributed by atoms with Crippen LogP contribution in [-0.4, -0.2) is 32.4 Å². The monoisotopic (exact) mass is 354 g/mol.